The van der Waals surface area contributed by atoms with Gasteiger partial charge in [-0.25, -0.2) is 9.97 Å². The Kier molecular flexibility index (Phi) is 4.37. The molecule has 0 fully saturated rings. The Morgan fingerprint density at radius 2 is 2.29 bits per heavy atom. The third-order valence-corrected chi connectivity index (χ3v) is 4.91. The number of aryl methyl sites for hydroxylation is 1. The predicted molar refractivity (Wildman–Crippen MR) is 83.2 cm³/mol. The molecule has 0 bridgehead atoms. The van der Waals surface area contributed by atoms with Gasteiger partial charge in [0.25, 0.3) is 0 Å². The average Bonchev–Trinajstić information content (AvgIpc) is 3.06. The van der Waals surface area contributed by atoms with Crippen molar-refractivity contribution >= 4 is 11.3 Å². The van der Waals surface area contributed by atoms with E-state index in [9.17, 15) is 0 Å². The van der Waals surface area contributed by atoms with Gasteiger partial charge >= 0.3 is 0 Å². The minimum atomic E-state index is 0.318. The van der Waals surface area contributed by atoms with Gasteiger partial charge in [0.2, 0.25) is 0 Å². The summed E-state index contributed by atoms with van der Waals surface area (Å²) in [5.41, 5.74) is 2.30. The third kappa shape index (κ3) is 3.02. The van der Waals surface area contributed by atoms with Gasteiger partial charge in [-0.15, -0.1) is 11.3 Å². The van der Waals surface area contributed by atoms with Crippen LogP contribution in [0.25, 0.3) is 0 Å². The van der Waals surface area contributed by atoms with Crippen LogP contribution in [0.5, 0.6) is 0 Å². The summed E-state index contributed by atoms with van der Waals surface area (Å²) in [4.78, 5) is 11.6. The first-order valence-electron chi connectivity index (χ1n) is 7.46. The highest BCUT2D eigenvalue weighted by molar-refractivity contribution is 7.09. The molecule has 21 heavy (non-hydrogen) atoms. The summed E-state index contributed by atoms with van der Waals surface area (Å²) in [7, 11) is 0. The van der Waals surface area contributed by atoms with Crippen LogP contribution in [0, 0.1) is 6.92 Å². The molecule has 0 aromatic carbocycles. The van der Waals surface area contributed by atoms with Gasteiger partial charge in [0.15, 0.2) is 0 Å². The lowest BCUT2D eigenvalue weighted by atomic mass is 10.2. The van der Waals surface area contributed by atoms with Crippen LogP contribution in [0.4, 0.5) is 0 Å². The average molecular weight is 306 g/mol. The molecule has 0 N–H and O–H groups in total. The number of thiazole rings is 1. The Morgan fingerprint density at radius 3 is 3.00 bits per heavy atom. The van der Waals surface area contributed by atoms with E-state index in [0.29, 0.717) is 12.6 Å². The number of fused-ring (bicyclic) bond motifs is 1. The fourth-order valence-corrected chi connectivity index (χ4v) is 3.59. The maximum absolute atomic E-state index is 5.52. The third-order valence-electron chi connectivity index (χ3n) is 3.96. The van der Waals surface area contributed by atoms with Crippen molar-refractivity contribution in [1.82, 2.24) is 19.4 Å². The van der Waals surface area contributed by atoms with Crippen LogP contribution in [0.3, 0.4) is 0 Å². The van der Waals surface area contributed by atoms with Crippen molar-refractivity contribution in [2.24, 2.45) is 0 Å². The van der Waals surface area contributed by atoms with E-state index >= 15 is 0 Å². The van der Waals surface area contributed by atoms with Gasteiger partial charge in [0.05, 0.1) is 31.1 Å². The van der Waals surface area contributed by atoms with Crippen molar-refractivity contribution in [2.45, 2.75) is 46.5 Å². The largest absolute Gasteiger partial charge is 0.375 e. The molecule has 1 aliphatic heterocycles. The van der Waals surface area contributed by atoms with E-state index in [1.807, 2.05) is 20.0 Å². The number of hydrogen-bond acceptors (Lipinski definition) is 5. The summed E-state index contributed by atoms with van der Waals surface area (Å²) in [6.45, 7) is 10.6. The molecule has 0 aliphatic carbocycles. The van der Waals surface area contributed by atoms with Gasteiger partial charge < -0.3 is 9.30 Å². The lowest BCUT2D eigenvalue weighted by Crippen LogP contribution is -2.37. The Hall–Kier alpha value is -1.24. The zero-order valence-electron chi connectivity index (χ0n) is 12.9. The van der Waals surface area contributed by atoms with Gasteiger partial charge in [0, 0.05) is 30.8 Å². The van der Waals surface area contributed by atoms with Crippen LogP contribution in [-0.4, -0.2) is 32.6 Å². The Bertz CT molecular complexity index is 607. The molecule has 0 saturated heterocycles. The van der Waals surface area contributed by atoms with E-state index < -0.39 is 0 Å². The maximum Gasteiger partial charge on any atom is 0.126 e. The lowest BCUT2D eigenvalue weighted by molar-refractivity contribution is 0.119. The molecule has 114 valence electrons. The topological polar surface area (TPSA) is 43.2 Å². The molecule has 0 radical (unpaired) electrons. The van der Waals surface area contributed by atoms with E-state index in [0.717, 1.165) is 37.8 Å². The van der Waals surface area contributed by atoms with Crippen molar-refractivity contribution in [3.63, 3.8) is 0 Å². The zero-order valence-corrected chi connectivity index (χ0v) is 13.7. The van der Waals surface area contributed by atoms with Crippen LogP contribution in [-0.2, 0) is 24.4 Å². The van der Waals surface area contributed by atoms with Crippen molar-refractivity contribution in [1.29, 1.82) is 0 Å². The minimum Gasteiger partial charge on any atom is -0.375 e. The summed E-state index contributed by atoms with van der Waals surface area (Å²) in [5, 5.41) is 3.30. The molecule has 0 amide bonds. The van der Waals surface area contributed by atoms with Crippen molar-refractivity contribution < 1.29 is 4.74 Å². The van der Waals surface area contributed by atoms with Crippen molar-refractivity contribution in [3.8, 4) is 0 Å². The van der Waals surface area contributed by atoms with Crippen LogP contribution >= 0.6 is 11.3 Å². The second-order valence-electron chi connectivity index (χ2n) is 5.43. The fourth-order valence-electron chi connectivity index (χ4n) is 2.79. The minimum absolute atomic E-state index is 0.318. The van der Waals surface area contributed by atoms with Crippen LogP contribution in [0.2, 0.25) is 0 Å². The molecule has 0 unspecified atom stereocenters. The van der Waals surface area contributed by atoms with Gasteiger partial charge in [-0.05, 0) is 20.8 Å². The number of rotatable bonds is 5. The lowest BCUT2D eigenvalue weighted by Gasteiger charge is -2.33. The second kappa shape index (κ2) is 6.25. The van der Waals surface area contributed by atoms with E-state index in [4.69, 9.17) is 4.74 Å². The first kappa shape index (κ1) is 14.7. The molecule has 2 aromatic rings. The highest BCUT2D eigenvalue weighted by Gasteiger charge is 2.27. The summed E-state index contributed by atoms with van der Waals surface area (Å²) in [6, 6.07) is 0.318. The molecule has 1 atom stereocenters. The summed E-state index contributed by atoms with van der Waals surface area (Å²) < 4.78 is 7.83. The standard InChI is InChI=1S/C15H22N4OS/c1-4-20-9-13-7-16-15-12(3)18(5-6-19(13)15)8-14-17-11(2)10-21-14/h7,10,12H,4-6,8-9H2,1-3H3/t12-/m0/s1. The first-order chi connectivity index (χ1) is 10.2. The molecule has 6 heteroatoms. The van der Waals surface area contributed by atoms with E-state index in [1.165, 1.54) is 10.7 Å². The molecular formula is C15H22N4OS. The summed E-state index contributed by atoms with van der Waals surface area (Å²) in [5.74, 6) is 1.14. The maximum atomic E-state index is 5.52. The predicted octanol–water partition coefficient (Wildman–Crippen LogP) is 2.76. The Balaban J connectivity index is 1.73. The quantitative estimate of drug-likeness (QED) is 0.852. The van der Waals surface area contributed by atoms with Crippen LogP contribution in [0.15, 0.2) is 11.6 Å². The Morgan fingerprint density at radius 1 is 1.43 bits per heavy atom. The van der Waals surface area contributed by atoms with Crippen molar-refractivity contribution in [2.75, 3.05) is 13.2 Å². The van der Waals surface area contributed by atoms with Gasteiger partial charge in [-0.2, -0.15) is 0 Å². The molecule has 0 saturated carbocycles. The Labute approximate surface area is 129 Å². The van der Waals surface area contributed by atoms with Gasteiger partial charge in [-0.1, -0.05) is 0 Å². The van der Waals surface area contributed by atoms with E-state index in [-0.39, 0.29) is 0 Å². The number of hydrogen-bond donors (Lipinski definition) is 0. The molecule has 3 heterocycles. The monoisotopic (exact) mass is 306 g/mol. The van der Waals surface area contributed by atoms with E-state index in [1.54, 1.807) is 11.3 Å². The van der Waals surface area contributed by atoms with E-state index in [2.05, 4.69) is 31.7 Å². The van der Waals surface area contributed by atoms with Crippen LogP contribution < -0.4 is 0 Å². The zero-order chi connectivity index (χ0) is 14.8. The first-order valence-corrected chi connectivity index (χ1v) is 8.34. The number of imidazole rings is 1. The number of ether oxygens (including phenoxy) is 1. The van der Waals surface area contributed by atoms with Gasteiger partial charge in [0.1, 0.15) is 10.8 Å². The number of nitrogens with zero attached hydrogens (tertiary/aromatic N) is 4. The molecule has 3 rings (SSSR count). The highest BCUT2D eigenvalue weighted by Crippen LogP contribution is 2.27. The molecule has 5 nitrogen and oxygen atoms in total. The smallest absolute Gasteiger partial charge is 0.126 e. The number of aromatic nitrogens is 3. The highest BCUT2D eigenvalue weighted by atomic mass is 32.1. The normalized spacial score (nSPS) is 18.9. The fraction of sp³-hybridized carbons (Fsp3) is 0.600. The van der Waals surface area contributed by atoms with Gasteiger partial charge in [-0.3, -0.25) is 4.90 Å². The summed E-state index contributed by atoms with van der Waals surface area (Å²) >= 11 is 1.74. The molecule has 1 aliphatic rings. The molecule has 2 aromatic heterocycles. The summed E-state index contributed by atoms with van der Waals surface area (Å²) in [6.07, 6.45) is 1.96. The molecular weight excluding hydrogens is 284 g/mol. The van der Waals surface area contributed by atoms with Crippen LogP contribution in [0.1, 0.15) is 42.1 Å². The van der Waals surface area contributed by atoms with Crippen molar-refractivity contribution in [3.05, 3.63) is 33.8 Å². The second-order valence-corrected chi connectivity index (χ2v) is 6.37. The molecule has 0 spiro atoms. The SMILES string of the molecule is CCOCc1cnc2n1CCN(Cc1nc(C)cs1)[C@H]2C.